The van der Waals surface area contributed by atoms with E-state index in [-0.39, 0.29) is 17.7 Å². The minimum atomic E-state index is -0.607. The molecule has 0 aromatic heterocycles. The normalized spacial score (nSPS) is 14.0. The van der Waals surface area contributed by atoms with Crippen LogP contribution in [0.2, 0.25) is 0 Å². The van der Waals surface area contributed by atoms with Gasteiger partial charge in [-0.3, -0.25) is 9.59 Å². The van der Waals surface area contributed by atoms with Gasteiger partial charge in [0.25, 0.3) is 5.91 Å². The summed E-state index contributed by atoms with van der Waals surface area (Å²) >= 11 is 1.73. The van der Waals surface area contributed by atoms with Gasteiger partial charge in [0.1, 0.15) is 11.9 Å². The predicted molar refractivity (Wildman–Crippen MR) is 121 cm³/mol. The van der Waals surface area contributed by atoms with Crippen molar-refractivity contribution < 1.29 is 14.0 Å². The molecule has 1 saturated carbocycles. The highest BCUT2D eigenvalue weighted by Crippen LogP contribution is 2.33. The predicted octanol–water partition coefficient (Wildman–Crippen LogP) is 5.27. The monoisotopic (exact) mass is 434 g/mol. The summed E-state index contributed by atoms with van der Waals surface area (Å²) in [7, 11) is 0. The Morgan fingerprint density at radius 1 is 0.935 bits per heavy atom. The second-order valence-corrected chi connectivity index (χ2v) is 8.63. The van der Waals surface area contributed by atoms with Crippen molar-refractivity contribution in [1.29, 1.82) is 0 Å². The smallest absolute Gasteiger partial charge is 0.251 e. The third-order valence-corrected chi connectivity index (χ3v) is 6.22. The molecule has 4 rings (SSSR count). The number of halogens is 1. The van der Waals surface area contributed by atoms with E-state index in [4.69, 9.17) is 0 Å². The maximum atomic E-state index is 13.1. The summed E-state index contributed by atoms with van der Waals surface area (Å²) in [4.78, 5) is 26.4. The molecule has 0 aliphatic heterocycles. The van der Waals surface area contributed by atoms with Crippen molar-refractivity contribution in [3.05, 3.63) is 95.8 Å². The molecular weight excluding hydrogens is 411 g/mol. The molecule has 4 nitrogen and oxygen atoms in total. The molecule has 0 bridgehead atoms. The van der Waals surface area contributed by atoms with Crippen LogP contribution in [0.15, 0.2) is 83.8 Å². The zero-order valence-electron chi connectivity index (χ0n) is 16.9. The number of carbonyl (C=O) groups excluding carboxylic acids is 2. The van der Waals surface area contributed by atoms with E-state index in [1.165, 1.54) is 29.8 Å². The van der Waals surface area contributed by atoms with Crippen LogP contribution in [-0.4, -0.2) is 17.9 Å². The first-order valence-electron chi connectivity index (χ1n) is 10.2. The van der Waals surface area contributed by atoms with Gasteiger partial charge in [0.15, 0.2) is 0 Å². The van der Waals surface area contributed by atoms with Gasteiger partial charge in [-0.15, -0.1) is 11.8 Å². The summed E-state index contributed by atoms with van der Waals surface area (Å²) in [5.74, 6) is -0.00278. The van der Waals surface area contributed by atoms with Gasteiger partial charge in [-0.25, -0.2) is 4.39 Å². The summed E-state index contributed by atoms with van der Waals surface area (Å²) < 4.78 is 13.1. The van der Waals surface area contributed by atoms with E-state index in [1.807, 2.05) is 42.5 Å². The van der Waals surface area contributed by atoms with Crippen LogP contribution in [0.1, 0.15) is 28.8 Å². The average Bonchev–Trinajstić information content (AvgIpc) is 3.63. The van der Waals surface area contributed by atoms with Gasteiger partial charge in [-0.05, 0) is 72.9 Å². The largest absolute Gasteiger partial charge is 0.340 e. The topological polar surface area (TPSA) is 58.2 Å². The van der Waals surface area contributed by atoms with E-state index in [0.29, 0.717) is 11.3 Å². The van der Waals surface area contributed by atoms with Crippen LogP contribution in [-0.2, 0) is 10.5 Å². The molecule has 158 valence electrons. The molecule has 0 radical (unpaired) electrons. The second-order valence-electron chi connectivity index (χ2n) is 7.58. The molecule has 0 heterocycles. The first-order chi connectivity index (χ1) is 15.1. The Balaban J connectivity index is 1.34. The fourth-order valence-electron chi connectivity index (χ4n) is 3.25. The van der Waals surface area contributed by atoms with Crippen molar-refractivity contribution in [2.24, 2.45) is 5.92 Å². The van der Waals surface area contributed by atoms with Crippen molar-refractivity contribution >= 4 is 29.3 Å². The highest BCUT2D eigenvalue weighted by Gasteiger charge is 2.37. The minimum Gasteiger partial charge on any atom is -0.340 e. The Kier molecular flexibility index (Phi) is 6.67. The fraction of sp³-hybridized carbons (Fsp3) is 0.200. The SMILES string of the molecule is O=C(NC(C(=O)Nc1ccc(SCc2ccccc2)cc1)C1CC1)c1ccc(F)cc1. The van der Waals surface area contributed by atoms with E-state index in [9.17, 15) is 14.0 Å². The van der Waals surface area contributed by atoms with Gasteiger partial charge in [-0.1, -0.05) is 30.3 Å². The van der Waals surface area contributed by atoms with E-state index in [1.54, 1.807) is 11.8 Å². The number of amides is 2. The lowest BCUT2D eigenvalue weighted by Gasteiger charge is -2.18. The Morgan fingerprint density at radius 2 is 1.61 bits per heavy atom. The lowest BCUT2D eigenvalue weighted by Crippen LogP contribution is -2.45. The van der Waals surface area contributed by atoms with Gasteiger partial charge < -0.3 is 10.6 Å². The standard InChI is InChI=1S/C25H23FN2O2S/c26-20-10-8-19(9-11-20)24(29)28-23(18-6-7-18)25(30)27-21-12-14-22(15-13-21)31-16-17-4-2-1-3-5-17/h1-5,8-15,18,23H,6-7,16H2,(H,27,30)(H,28,29). The van der Waals surface area contributed by atoms with Gasteiger partial charge in [0, 0.05) is 21.9 Å². The number of anilines is 1. The van der Waals surface area contributed by atoms with Crippen LogP contribution in [0.4, 0.5) is 10.1 Å². The van der Waals surface area contributed by atoms with Crippen LogP contribution < -0.4 is 10.6 Å². The molecule has 1 atom stereocenters. The Hall–Kier alpha value is -3.12. The van der Waals surface area contributed by atoms with Crippen molar-refractivity contribution in [2.45, 2.75) is 29.5 Å². The maximum absolute atomic E-state index is 13.1. The summed E-state index contributed by atoms with van der Waals surface area (Å²) in [5.41, 5.74) is 2.28. The molecule has 3 aromatic rings. The van der Waals surface area contributed by atoms with Crippen molar-refractivity contribution in [3.63, 3.8) is 0 Å². The first kappa shape index (κ1) is 21.1. The van der Waals surface area contributed by atoms with E-state index in [0.717, 1.165) is 23.5 Å². The van der Waals surface area contributed by atoms with Crippen LogP contribution in [0.25, 0.3) is 0 Å². The highest BCUT2D eigenvalue weighted by atomic mass is 32.2. The number of rotatable bonds is 8. The fourth-order valence-corrected chi connectivity index (χ4v) is 4.10. The second kappa shape index (κ2) is 9.79. The molecule has 1 unspecified atom stereocenters. The van der Waals surface area contributed by atoms with Crippen LogP contribution in [0, 0.1) is 11.7 Å². The number of thioether (sulfide) groups is 1. The molecule has 31 heavy (non-hydrogen) atoms. The lowest BCUT2D eigenvalue weighted by atomic mass is 10.1. The molecule has 2 N–H and O–H groups in total. The molecule has 0 saturated heterocycles. The molecular formula is C25H23FN2O2S. The van der Waals surface area contributed by atoms with E-state index < -0.39 is 11.9 Å². The summed E-state index contributed by atoms with van der Waals surface area (Å²) in [6.07, 6.45) is 1.80. The summed E-state index contributed by atoms with van der Waals surface area (Å²) in [6.45, 7) is 0. The number of hydrogen-bond acceptors (Lipinski definition) is 3. The van der Waals surface area contributed by atoms with E-state index in [2.05, 4.69) is 22.8 Å². The van der Waals surface area contributed by atoms with Crippen LogP contribution in [0.3, 0.4) is 0 Å². The summed E-state index contributed by atoms with van der Waals surface area (Å²) in [5, 5.41) is 5.71. The average molecular weight is 435 g/mol. The number of carbonyl (C=O) groups is 2. The molecule has 3 aromatic carbocycles. The quantitative estimate of drug-likeness (QED) is 0.475. The maximum Gasteiger partial charge on any atom is 0.251 e. The Morgan fingerprint density at radius 3 is 2.26 bits per heavy atom. The third kappa shape index (κ3) is 5.95. The lowest BCUT2D eigenvalue weighted by molar-refractivity contribution is -0.118. The summed E-state index contributed by atoms with van der Waals surface area (Å²) in [6, 6.07) is 22.6. The van der Waals surface area contributed by atoms with Gasteiger partial charge >= 0.3 is 0 Å². The van der Waals surface area contributed by atoms with Crippen molar-refractivity contribution in [1.82, 2.24) is 5.32 Å². The zero-order chi connectivity index (χ0) is 21.6. The van der Waals surface area contributed by atoms with Crippen molar-refractivity contribution in [3.8, 4) is 0 Å². The van der Waals surface area contributed by atoms with Gasteiger partial charge in [0.05, 0.1) is 0 Å². The number of benzene rings is 3. The number of hydrogen-bond donors (Lipinski definition) is 2. The Labute approximate surface area is 185 Å². The zero-order valence-corrected chi connectivity index (χ0v) is 17.7. The van der Waals surface area contributed by atoms with E-state index >= 15 is 0 Å². The molecule has 2 amide bonds. The molecule has 6 heteroatoms. The molecule has 1 fully saturated rings. The number of nitrogens with one attached hydrogen (secondary N) is 2. The Bertz CT molecular complexity index is 1040. The molecule has 1 aliphatic rings. The molecule has 1 aliphatic carbocycles. The first-order valence-corrected chi connectivity index (χ1v) is 11.2. The van der Waals surface area contributed by atoms with Crippen LogP contribution >= 0.6 is 11.8 Å². The van der Waals surface area contributed by atoms with Gasteiger partial charge in [0.2, 0.25) is 5.91 Å². The van der Waals surface area contributed by atoms with Gasteiger partial charge in [-0.2, -0.15) is 0 Å². The third-order valence-electron chi connectivity index (χ3n) is 5.14. The molecule has 0 spiro atoms. The highest BCUT2D eigenvalue weighted by molar-refractivity contribution is 7.98. The van der Waals surface area contributed by atoms with Crippen LogP contribution in [0.5, 0.6) is 0 Å². The minimum absolute atomic E-state index is 0.130. The van der Waals surface area contributed by atoms with Crippen molar-refractivity contribution in [2.75, 3.05) is 5.32 Å².